The van der Waals surface area contributed by atoms with Gasteiger partial charge in [-0.05, 0) is 50.1 Å². The number of pyridine rings is 1. The maximum absolute atomic E-state index is 11.4. The van der Waals surface area contributed by atoms with Gasteiger partial charge < -0.3 is 0 Å². The summed E-state index contributed by atoms with van der Waals surface area (Å²) in [6.07, 6.45) is 1.84. The van der Waals surface area contributed by atoms with E-state index in [4.69, 9.17) is 0 Å². The first-order chi connectivity index (χ1) is 8.06. The van der Waals surface area contributed by atoms with Crippen LogP contribution in [-0.4, -0.2) is 10.8 Å². The Bertz CT molecular complexity index is 556. The van der Waals surface area contributed by atoms with E-state index < -0.39 is 0 Å². The van der Waals surface area contributed by atoms with Crippen LogP contribution >= 0.6 is 0 Å². The molecule has 0 bridgehead atoms. The van der Waals surface area contributed by atoms with Gasteiger partial charge in [0.2, 0.25) is 0 Å². The van der Waals surface area contributed by atoms with Crippen molar-refractivity contribution in [3.05, 3.63) is 53.3 Å². The number of ketones is 1. The van der Waals surface area contributed by atoms with Gasteiger partial charge in [-0.15, -0.1) is 0 Å². The number of aromatic nitrogens is 1. The molecule has 0 N–H and O–H groups in total. The quantitative estimate of drug-likeness (QED) is 0.731. The highest BCUT2D eigenvalue weighted by Gasteiger charge is 2.04. The summed E-state index contributed by atoms with van der Waals surface area (Å²) in [5.74, 6) is 0.0926. The summed E-state index contributed by atoms with van der Waals surface area (Å²) in [6, 6.07) is 9.90. The molecule has 0 amide bonds. The number of benzene rings is 1. The third-order valence-corrected chi connectivity index (χ3v) is 2.73. The van der Waals surface area contributed by atoms with Gasteiger partial charge in [0.15, 0.2) is 5.78 Å². The summed E-state index contributed by atoms with van der Waals surface area (Å²) in [6.45, 7) is 5.55. The third-order valence-electron chi connectivity index (χ3n) is 2.73. The lowest BCUT2D eigenvalue weighted by Crippen LogP contribution is -1.94. The largest absolute Gasteiger partial charge is 0.295 e. The number of rotatable bonds is 2. The molecule has 1 aromatic carbocycles. The number of carbonyl (C=O) groups excluding carboxylic acids is 1. The van der Waals surface area contributed by atoms with Crippen molar-refractivity contribution in [3.63, 3.8) is 0 Å². The zero-order chi connectivity index (χ0) is 12.4. The van der Waals surface area contributed by atoms with Crippen LogP contribution in [0.2, 0.25) is 0 Å². The van der Waals surface area contributed by atoms with Gasteiger partial charge in [-0.3, -0.25) is 9.78 Å². The molecular weight excluding hydrogens is 210 g/mol. The number of Topliss-reactive ketones (excluding diaryl/α,β-unsaturated/α-hetero) is 1. The molecule has 0 unspecified atom stereocenters. The Hall–Kier alpha value is -1.96. The molecule has 2 rings (SSSR count). The van der Waals surface area contributed by atoms with Gasteiger partial charge >= 0.3 is 0 Å². The van der Waals surface area contributed by atoms with Crippen molar-refractivity contribution in [2.75, 3.05) is 0 Å². The minimum Gasteiger partial charge on any atom is -0.295 e. The minimum absolute atomic E-state index is 0.0926. The van der Waals surface area contributed by atoms with E-state index in [1.54, 1.807) is 6.92 Å². The van der Waals surface area contributed by atoms with Gasteiger partial charge in [0.05, 0.1) is 0 Å². The molecule has 17 heavy (non-hydrogen) atoms. The van der Waals surface area contributed by atoms with Crippen molar-refractivity contribution in [3.8, 4) is 11.1 Å². The van der Waals surface area contributed by atoms with E-state index in [0.717, 1.165) is 27.9 Å². The van der Waals surface area contributed by atoms with Crippen LogP contribution in [-0.2, 0) is 0 Å². The zero-order valence-corrected chi connectivity index (χ0v) is 10.3. The monoisotopic (exact) mass is 225 g/mol. The molecule has 2 heteroatoms. The van der Waals surface area contributed by atoms with Crippen molar-refractivity contribution < 1.29 is 4.79 Å². The standard InChI is InChI=1S/C15H15NO/c1-10-6-14(12(3)17)8-15(7-10)13-5-4-11(2)16-9-13/h4-9H,1-3H3. The summed E-state index contributed by atoms with van der Waals surface area (Å²) < 4.78 is 0. The first-order valence-electron chi connectivity index (χ1n) is 5.62. The van der Waals surface area contributed by atoms with E-state index in [-0.39, 0.29) is 5.78 Å². The van der Waals surface area contributed by atoms with Crippen LogP contribution in [0.1, 0.15) is 28.5 Å². The van der Waals surface area contributed by atoms with E-state index in [9.17, 15) is 4.79 Å². The highest BCUT2D eigenvalue weighted by atomic mass is 16.1. The van der Waals surface area contributed by atoms with Gasteiger partial charge in [0.25, 0.3) is 0 Å². The lowest BCUT2D eigenvalue weighted by Gasteiger charge is -2.06. The second-order valence-electron chi connectivity index (χ2n) is 4.33. The average Bonchev–Trinajstić information content (AvgIpc) is 2.29. The minimum atomic E-state index is 0.0926. The van der Waals surface area contributed by atoms with Crippen molar-refractivity contribution >= 4 is 5.78 Å². The molecule has 2 aromatic rings. The predicted octanol–water partition coefficient (Wildman–Crippen LogP) is 3.57. The number of carbonyl (C=O) groups is 1. The molecule has 0 aliphatic rings. The van der Waals surface area contributed by atoms with Crippen LogP contribution in [0.5, 0.6) is 0 Å². The van der Waals surface area contributed by atoms with Crippen LogP contribution in [0.25, 0.3) is 11.1 Å². The maximum Gasteiger partial charge on any atom is 0.159 e. The zero-order valence-electron chi connectivity index (χ0n) is 10.3. The summed E-state index contributed by atoms with van der Waals surface area (Å²) >= 11 is 0. The fourth-order valence-corrected chi connectivity index (χ4v) is 1.79. The predicted molar refractivity (Wildman–Crippen MR) is 69.2 cm³/mol. The molecule has 1 heterocycles. The lowest BCUT2D eigenvalue weighted by atomic mass is 10.00. The van der Waals surface area contributed by atoms with E-state index in [1.165, 1.54) is 0 Å². The molecule has 0 saturated carbocycles. The number of hydrogen-bond donors (Lipinski definition) is 0. The van der Waals surface area contributed by atoms with Gasteiger partial charge in [-0.2, -0.15) is 0 Å². The molecule has 86 valence electrons. The van der Waals surface area contributed by atoms with Crippen molar-refractivity contribution in [1.29, 1.82) is 0 Å². The van der Waals surface area contributed by atoms with Crippen LogP contribution < -0.4 is 0 Å². The average molecular weight is 225 g/mol. The Kier molecular flexibility index (Phi) is 3.05. The number of nitrogens with zero attached hydrogens (tertiary/aromatic N) is 1. The molecular formula is C15H15NO. The van der Waals surface area contributed by atoms with E-state index in [0.29, 0.717) is 0 Å². The molecule has 0 aliphatic carbocycles. The Labute approximate surface area is 101 Å². The van der Waals surface area contributed by atoms with Crippen LogP contribution in [0.4, 0.5) is 0 Å². The Morgan fingerprint density at radius 1 is 1.06 bits per heavy atom. The first-order valence-corrected chi connectivity index (χ1v) is 5.62. The van der Waals surface area contributed by atoms with E-state index >= 15 is 0 Å². The summed E-state index contributed by atoms with van der Waals surface area (Å²) in [5, 5.41) is 0. The van der Waals surface area contributed by atoms with E-state index in [2.05, 4.69) is 11.1 Å². The molecule has 0 saturated heterocycles. The van der Waals surface area contributed by atoms with Gasteiger partial charge in [0, 0.05) is 23.0 Å². The summed E-state index contributed by atoms with van der Waals surface area (Å²) in [7, 11) is 0. The van der Waals surface area contributed by atoms with Crippen molar-refractivity contribution in [1.82, 2.24) is 4.98 Å². The molecule has 0 radical (unpaired) electrons. The normalized spacial score (nSPS) is 10.3. The SMILES string of the molecule is CC(=O)c1cc(C)cc(-c2ccc(C)nc2)c1. The molecule has 0 fully saturated rings. The van der Waals surface area contributed by atoms with Gasteiger partial charge in [-0.25, -0.2) is 0 Å². The molecule has 0 atom stereocenters. The van der Waals surface area contributed by atoms with Crippen molar-refractivity contribution in [2.45, 2.75) is 20.8 Å². The summed E-state index contributed by atoms with van der Waals surface area (Å²) in [5.41, 5.74) is 4.92. The highest BCUT2D eigenvalue weighted by Crippen LogP contribution is 2.22. The molecule has 2 nitrogen and oxygen atoms in total. The highest BCUT2D eigenvalue weighted by molar-refractivity contribution is 5.95. The van der Waals surface area contributed by atoms with E-state index in [1.807, 2.05) is 44.3 Å². The topological polar surface area (TPSA) is 30.0 Å². The lowest BCUT2D eigenvalue weighted by molar-refractivity contribution is 0.101. The fourth-order valence-electron chi connectivity index (χ4n) is 1.79. The first kappa shape index (κ1) is 11.5. The van der Waals surface area contributed by atoms with Gasteiger partial charge in [-0.1, -0.05) is 12.1 Å². The van der Waals surface area contributed by atoms with Crippen LogP contribution in [0.3, 0.4) is 0 Å². The number of hydrogen-bond acceptors (Lipinski definition) is 2. The second kappa shape index (κ2) is 4.50. The summed E-state index contributed by atoms with van der Waals surface area (Å²) in [4.78, 5) is 15.7. The fraction of sp³-hybridized carbons (Fsp3) is 0.200. The third kappa shape index (κ3) is 2.59. The second-order valence-corrected chi connectivity index (χ2v) is 4.33. The maximum atomic E-state index is 11.4. The van der Waals surface area contributed by atoms with Crippen LogP contribution in [0, 0.1) is 13.8 Å². The Balaban J connectivity index is 2.51. The molecule has 0 spiro atoms. The van der Waals surface area contributed by atoms with Crippen LogP contribution in [0.15, 0.2) is 36.5 Å². The Morgan fingerprint density at radius 2 is 1.82 bits per heavy atom. The number of aryl methyl sites for hydroxylation is 2. The Morgan fingerprint density at radius 3 is 2.41 bits per heavy atom. The smallest absolute Gasteiger partial charge is 0.159 e. The van der Waals surface area contributed by atoms with Gasteiger partial charge in [0.1, 0.15) is 0 Å². The van der Waals surface area contributed by atoms with Crippen molar-refractivity contribution in [2.24, 2.45) is 0 Å². The molecule has 0 aliphatic heterocycles. The molecule has 1 aromatic heterocycles.